The van der Waals surface area contributed by atoms with Gasteiger partial charge in [-0.1, -0.05) is 19.1 Å². The van der Waals surface area contributed by atoms with Crippen LogP contribution in [0.2, 0.25) is 0 Å². The van der Waals surface area contributed by atoms with Gasteiger partial charge in [-0.15, -0.1) is 0 Å². The summed E-state index contributed by atoms with van der Waals surface area (Å²) in [5.74, 6) is 0.871. The molecule has 6 nitrogen and oxygen atoms in total. The Hall–Kier alpha value is -2.63. The summed E-state index contributed by atoms with van der Waals surface area (Å²) in [6, 6.07) is 9.11. The first-order valence-electron chi connectivity index (χ1n) is 7.34. The normalized spacial score (nSPS) is 10.1. The average molecular weight is 300 g/mol. The fourth-order valence-electron chi connectivity index (χ4n) is 1.85. The average Bonchev–Trinajstić information content (AvgIpc) is 2.55. The van der Waals surface area contributed by atoms with Crippen molar-refractivity contribution in [1.29, 1.82) is 0 Å². The van der Waals surface area contributed by atoms with E-state index in [-0.39, 0.29) is 5.91 Å². The van der Waals surface area contributed by atoms with Crippen molar-refractivity contribution in [1.82, 2.24) is 15.3 Å². The van der Waals surface area contributed by atoms with Crippen molar-refractivity contribution in [2.24, 2.45) is 0 Å². The highest BCUT2D eigenvalue weighted by atomic mass is 16.5. The summed E-state index contributed by atoms with van der Waals surface area (Å²) >= 11 is 0. The molecule has 0 aliphatic rings. The first kappa shape index (κ1) is 15.8. The number of aromatic nitrogens is 2. The number of nitrogens with zero attached hydrogens (tertiary/aromatic N) is 2. The van der Waals surface area contributed by atoms with Crippen molar-refractivity contribution in [3.63, 3.8) is 0 Å². The highest BCUT2D eigenvalue weighted by Gasteiger charge is 2.09. The molecular weight excluding hydrogens is 280 g/mol. The molecule has 0 aliphatic heterocycles. The van der Waals surface area contributed by atoms with Crippen LogP contribution in [0.1, 0.15) is 30.8 Å². The van der Waals surface area contributed by atoms with Gasteiger partial charge >= 0.3 is 0 Å². The molecule has 0 unspecified atom stereocenters. The van der Waals surface area contributed by atoms with Crippen LogP contribution in [-0.2, 0) is 0 Å². The van der Waals surface area contributed by atoms with Gasteiger partial charge in [0, 0.05) is 12.7 Å². The number of para-hydroxylation sites is 2. The SMILES string of the molecule is CCCNC(=O)c1ccnc(Nc2ccccc2OCC)n1. The zero-order valence-corrected chi connectivity index (χ0v) is 12.8. The Morgan fingerprint density at radius 1 is 1.23 bits per heavy atom. The summed E-state index contributed by atoms with van der Waals surface area (Å²) in [5, 5.41) is 5.87. The predicted octanol–water partition coefficient (Wildman–Crippen LogP) is 2.76. The van der Waals surface area contributed by atoms with Gasteiger partial charge in [0.1, 0.15) is 11.4 Å². The molecule has 0 spiro atoms. The van der Waals surface area contributed by atoms with Crippen molar-refractivity contribution in [2.45, 2.75) is 20.3 Å². The molecule has 116 valence electrons. The second-order valence-corrected chi connectivity index (χ2v) is 4.58. The number of nitrogens with one attached hydrogen (secondary N) is 2. The molecule has 0 saturated carbocycles. The van der Waals surface area contributed by atoms with E-state index in [0.29, 0.717) is 24.8 Å². The smallest absolute Gasteiger partial charge is 0.270 e. The van der Waals surface area contributed by atoms with Crippen LogP contribution in [-0.4, -0.2) is 29.0 Å². The summed E-state index contributed by atoms with van der Waals surface area (Å²) < 4.78 is 5.54. The van der Waals surface area contributed by atoms with Gasteiger partial charge in [0.15, 0.2) is 0 Å². The lowest BCUT2D eigenvalue weighted by molar-refractivity contribution is 0.0948. The van der Waals surface area contributed by atoms with Gasteiger partial charge in [0.2, 0.25) is 5.95 Å². The third-order valence-corrected chi connectivity index (χ3v) is 2.86. The van der Waals surface area contributed by atoms with Crippen molar-refractivity contribution in [3.8, 4) is 5.75 Å². The zero-order chi connectivity index (χ0) is 15.8. The van der Waals surface area contributed by atoms with Crippen LogP contribution in [0, 0.1) is 0 Å². The van der Waals surface area contributed by atoms with E-state index in [4.69, 9.17) is 4.74 Å². The number of benzene rings is 1. The molecule has 22 heavy (non-hydrogen) atoms. The Labute approximate surface area is 129 Å². The molecule has 0 aliphatic carbocycles. The number of anilines is 2. The Morgan fingerprint density at radius 2 is 2.05 bits per heavy atom. The summed E-state index contributed by atoms with van der Waals surface area (Å²) in [7, 11) is 0. The van der Waals surface area contributed by atoms with E-state index < -0.39 is 0 Å². The third kappa shape index (κ3) is 4.18. The first-order chi connectivity index (χ1) is 10.7. The van der Waals surface area contributed by atoms with Gasteiger partial charge in [0.05, 0.1) is 12.3 Å². The standard InChI is InChI=1S/C16H20N4O2/c1-3-10-17-15(21)13-9-11-18-16(20-13)19-12-7-5-6-8-14(12)22-4-2/h5-9,11H,3-4,10H2,1-2H3,(H,17,21)(H,18,19,20). The van der Waals surface area contributed by atoms with Crippen LogP contribution in [0.25, 0.3) is 0 Å². The quantitative estimate of drug-likeness (QED) is 0.822. The molecule has 0 saturated heterocycles. The van der Waals surface area contributed by atoms with Gasteiger partial charge in [-0.25, -0.2) is 9.97 Å². The number of ether oxygens (including phenoxy) is 1. The largest absolute Gasteiger partial charge is 0.492 e. The maximum absolute atomic E-state index is 11.9. The Kier molecular flexibility index (Phi) is 5.71. The molecule has 0 bridgehead atoms. The van der Waals surface area contributed by atoms with Crippen LogP contribution in [0.15, 0.2) is 36.5 Å². The Bertz CT molecular complexity index is 631. The van der Waals surface area contributed by atoms with E-state index in [1.165, 1.54) is 0 Å². The number of amides is 1. The second kappa shape index (κ2) is 7.97. The maximum Gasteiger partial charge on any atom is 0.270 e. The molecule has 1 aromatic heterocycles. The lowest BCUT2D eigenvalue weighted by atomic mass is 10.3. The minimum Gasteiger partial charge on any atom is -0.492 e. The minimum absolute atomic E-state index is 0.203. The Balaban J connectivity index is 2.15. The molecule has 0 atom stereocenters. The molecule has 1 aromatic carbocycles. The van der Waals surface area contributed by atoms with E-state index in [1.54, 1.807) is 12.3 Å². The summed E-state index contributed by atoms with van der Waals surface area (Å²) in [6.07, 6.45) is 2.43. The van der Waals surface area contributed by atoms with Crippen molar-refractivity contribution in [3.05, 3.63) is 42.2 Å². The van der Waals surface area contributed by atoms with Crippen molar-refractivity contribution in [2.75, 3.05) is 18.5 Å². The summed E-state index contributed by atoms with van der Waals surface area (Å²) in [4.78, 5) is 20.3. The number of hydrogen-bond acceptors (Lipinski definition) is 5. The monoisotopic (exact) mass is 300 g/mol. The zero-order valence-electron chi connectivity index (χ0n) is 12.8. The Morgan fingerprint density at radius 3 is 2.82 bits per heavy atom. The maximum atomic E-state index is 11.9. The summed E-state index contributed by atoms with van der Waals surface area (Å²) in [5.41, 5.74) is 1.09. The van der Waals surface area contributed by atoms with Crippen LogP contribution < -0.4 is 15.4 Å². The number of rotatable bonds is 7. The van der Waals surface area contributed by atoms with Crippen LogP contribution in [0.5, 0.6) is 5.75 Å². The molecule has 2 rings (SSSR count). The van der Waals surface area contributed by atoms with Gasteiger partial charge in [-0.3, -0.25) is 4.79 Å². The number of carbonyl (C=O) groups excluding carboxylic acids is 1. The van der Waals surface area contributed by atoms with Gasteiger partial charge in [-0.05, 0) is 31.5 Å². The van der Waals surface area contributed by atoms with Gasteiger partial charge < -0.3 is 15.4 Å². The first-order valence-corrected chi connectivity index (χ1v) is 7.34. The minimum atomic E-state index is -0.203. The highest BCUT2D eigenvalue weighted by Crippen LogP contribution is 2.25. The van der Waals surface area contributed by atoms with Gasteiger partial charge in [0.25, 0.3) is 5.91 Å². The molecule has 0 fully saturated rings. The number of carbonyl (C=O) groups is 1. The van der Waals surface area contributed by atoms with Crippen LogP contribution in [0.4, 0.5) is 11.6 Å². The summed E-state index contributed by atoms with van der Waals surface area (Å²) in [6.45, 7) is 5.11. The molecule has 0 radical (unpaired) electrons. The second-order valence-electron chi connectivity index (χ2n) is 4.58. The van der Waals surface area contributed by atoms with Gasteiger partial charge in [-0.2, -0.15) is 0 Å². The fraction of sp³-hybridized carbons (Fsp3) is 0.312. The van der Waals surface area contributed by atoms with Crippen molar-refractivity contribution < 1.29 is 9.53 Å². The fourth-order valence-corrected chi connectivity index (χ4v) is 1.85. The molecule has 1 amide bonds. The van der Waals surface area contributed by atoms with E-state index >= 15 is 0 Å². The molecule has 1 heterocycles. The molecular formula is C16H20N4O2. The molecule has 2 N–H and O–H groups in total. The van der Waals surface area contributed by atoms with Crippen LogP contribution >= 0.6 is 0 Å². The van der Waals surface area contributed by atoms with E-state index in [0.717, 1.165) is 17.9 Å². The third-order valence-electron chi connectivity index (χ3n) is 2.86. The molecule has 2 aromatic rings. The lowest BCUT2D eigenvalue weighted by Gasteiger charge is -2.11. The van der Waals surface area contributed by atoms with Crippen molar-refractivity contribution >= 4 is 17.5 Å². The van der Waals surface area contributed by atoms with E-state index in [9.17, 15) is 4.79 Å². The van der Waals surface area contributed by atoms with E-state index in [2.05, 4.69) is 20.6 Å². The topological polar surface area (TPSA) is 76.1 Å². The predicted molar refractivity (Wildman–Crippen MR) is 85.5 cm³/mol. The number of hydrogen-bond donors (Lipinski definition) is 2. The van der Waals surface area contributed by atoms with E-state index in [1.807, 2.05) is 38.1 Å². The lowest BCUT2D eigenvalue weighted by Crippen LogP contribution is -2.25. The molecule has 6 heteroatoms. The van der Waals surface area contributed by atoms with Crippen LogP contribution in [0.3, 0.4) is 0 Å². The highest BCUT2D eigenvalue weighted by molar-refractivity contribution is 5.92.